The summed E-state index contributed by atoms with van der Waals surface area (Å²) in [4.78, 5) is 22.8. The smallest absolute Gasteiger partial charge is 0.292 e. The zero-order chi connectivity index (χ0) is 16.1. The second-order valence-corrected chi connectivity index (χ2v) is 5.64. The zero-order valence-electron chi connectivity index (χ0n) is 11.1. The molecule has 0 saturated carbocycles. The number of carbonyl (C=O) groups excluding carboxylic acids is 1. The average molecular weight is 341 g/mol. The van der Waals surface area contributed by atoms with Crippen LogP contribution in [0.5, 0.6) is 0 Å². The highest BCUT2D eigenvalue weighted by molar-refractivity contribution is 8.00. The summed E-state index contributed by atoms with van der Waals surface area (Å²) in [5, 5.41) is 13.3. The molecular weight excluding hydrogens is 331 g/mol. The van der Waals surface area contributed by atoms with Crippen LogP contribution < -0.4 is 5.32 Å². The first-order chi connectivity index (χ1) is 10.5. The highest BCUT2D eigenvalue weighted by Gasteiger charge is 2.14. The van der Waals surface area contributed by atoms with E-state index in [0.717, 1.165) is 11.8 Å². The Morgan fingerprint density at radius 1 is 1.32 bits per heavy atom. The summed E-state index contributed by atoms with van der Waals surface area (Å²) < 4.78 is 13.0. The van der Waals surface area contributed by atoms with Crippen molar-refractivity contribution in [3.05, 3.63) is 63.4 Å². The SMILES string of the molecule is O=C(CSc1ccc(F)c(Cl)c1)Nc1ccccc1[N+](=O)[O-]. The van der Waals surface area contributed by atoms with Crippen LogP contribution in [-0.2, 0) is 4.79 Å². The van der Waals surface area contributed by atoms with E-state index in [4.69, 9.17) is 11.6 Å². The van der Waals surface area contributed by atoms with Gasteiger partial charge in [0.05, 0.1) is 15.7 Å². The third-order valence-electron chi connectivity index (χ3n) is 2.64. The van der Waals surface area contributed by atoms with Gasteiger partial charge in [-0.15, -0.1) is 11.8 Å². The molecule has 0 aliphatic rings. The van der Waals surface area contributed by atoms with Gasteiger partial charge in [-0.1, -0.05) is 23.7 Å². The van der Waals surface area contributed by atoms with Crippen LogP contribution in [0.15, 0.2) is 47.4 Å². The van der Waals surface area contributed by atoms with Crippen LogP contribution in [0.1, 0.15) is 0 Å². The zero-order valence-corrected chi connectivity index (χ0v) is 12.7. The van der Waals surface area contributed by atoms with Gasteiger partial charge in [0.1, 0.15) is 11.5 Å². The summed E-state index contributed by atoms with van der Waals surface area (Å²) in [6.45, 7) is 0. The van der Waals surface area contributed by atoms with Crippen molar-refractivity contribution in [2.24, 2.45) is 0 Å². The van der Waals surface area contributed by atoms with Gasteiger partial charge in [-0.3, -0.25) is 14.9 Å². The number of anilines is 1. The Balaban J connectivity index is 1.99. The van der Waals surface area contributed by atoms with Crippen molar-refractivity contribution in [2.45, 2.75) is 4.90 Å². The first kappa shape index (κ1) is 16.3. The van der Waals surface area contributed by atoms with Gasteiger partial charge in [0, 0.05) is 11.0 Å². The molecule has 1 N–H and O–H groups in total. The van der Waals surface area contributed by atoms with Gasteiger partial charge < -0.3 is 5.32 Å². The number of rotatable bonds is 5. The van der Waals surface area contributed by atoms with Gasteiger partial charge in [0.15, 0.2) is 0 Å². The van der Waals surface area contributed by atoms with E-state index in [-0.39, 0.29) is 22.2 Å². The van der Waals surface area contributed by atoms with Crippen LogP contribution in [0.3, 0.4) is 0 Å². The monoisotopic (exact) mass is 340 g/mol. The molecule has 0 aliphatic heterocycles. The third-order valence-corrected chi connectivity index (χ3v) is 3.92. The van der Waals surface area contributed by atoms with Crippen molar-refractivity contribution in [3.8, 4) is 0 Å². The summed E-state index contributed by atoms with van der Waals surface area (Å²) in [5.41, 5.74) is -0.0408. The number of carbonyl (C=O) groups is 1. The van der Waals surface area contributed by atoms with Crippen LogP contribution in [0.25, 0.3) is 0 Å². The van der Waals surface area contributed by atoms with Gasteiger partial charge in [0.25, 0.3) is 5.69 Å². The number of nitro benzene ring substituents is 1. The van der Waals surface area contributed by atoms with Crippen LogP contribution >= 0.6 is 23.4 Å². The number of hydrogen-bond donors (Lipinski definition) is 1. The van der Waals surface area contributed by atoms with Crippen molar-refractivity contribution >= 4 is 40.6 Å². The molecule has 0 bridgehead atoms. The van der Waals surface area contributed by atoms with E-state index >= 15 is 0 Å². The Hall–Kier alpha value is -2.12. The predicted octanol–water partition coefficient (Wildman–Crippen LogP) is 4.12. The molecule has 0 radical (unpaired) electrons. The van der Waals surface area contributed by atoms with Crippen molar-refractivity contribution in [3.63, 3.8) is 0 Å². The molecule has 0 heterocycles. The van der Waals surface area contributed by atoms with Crippen LogP contribution in [0, 0.1) is 15.9 Å². The van der Waals surface area contributed by atoms with E-state index in [1.165, 1.54) is 36.4 Å². The quantitative estimate of drug-likeness (QED) is 0.505. The Morgan fingerprint density at radius 3 is 2.73 bits per heavy atom. The molecule has 8 heteroatoms. The summed E-state index contributed by atoms with van der Waals surface area (Å²) >= 11 is 6.80. The summed E-state index contributed by atoms with van der Waals surface area (Å²) in [5.74, 6) is -0.913. The molecule has 22 heavy (non-hydrogen) atoms. The molecule has 0 spiro atoms. The molecule has 0 fully saturated rings. The molecular formula is C14H10ClFN2O3S. The van der Waals surface area contributed by atoms with Crippen molar-refractivity contribution in [1.82, 2.24) is 0 Å². The number of nitrogens with one attached hydrogen (secondary N) is 1. The molecule has 2 aromatic carbocycles. The van der Waals surface area contributed by atoms with Gasteiger partial charge in [-0.25, -0.2) is 4.39 Å². The molecule has 5 nitrogen and oxygen atoms in total. The lowest BCUT2D eigenvalue weighted by Crippen LogP contribution is -2.15. The van der Waals surface area contributed by atoms with Gasteiger partial charge >= 0.3 is 0 Å². The van der Waals surface area contributed by atoms with Gasteiger partial charge in [-0.05, 0) is 24.3 Å². The summed E-state index contributed by atoms with van der Waals surface area (Å²) in [6, 6.07) is 10.0. The van der Waals surface area contributed by atoms with E-state index in [2.05, 4.69) is 5.32 Å². The minimum absolute atomic E-state index is 0.0218. The fraction of sp³-hybridized carbons (Fsp3) is 0.0714. The first-order valence-corrected chi connectivity index (χ1v) is 7.45. The Bertz CT molecular complexity index is 727. The van der Waals surface area contributed by atoms with Gasteiger partial charge in [-0.2, -0.15) is 0 Å². The summed E-state index contributed by atoms with van der Waals surface area (Å²) in [7, 11) is 0. The lowest BCUT2D eigenvalue weighted by molar-refractivity contribution is -0.383. The number of hydrogen-bond acceptors (Lipinski definition) is 4. The van der Waals surface area contributed by atoms with Gasteiger partial charge in [0.2, 0.25) is 5.91 Å². The molecule has 2 aromatic rings. The topological polar surface area (TPSA) is 72.2 Å². The molecule has 0 aliphatic carbocycles. The average Bonchev–Trinajstić information content (AvgIpc) is 2.49. The molecule has 1 amide bonds. The fourth-order valence-corrected chi connectivity index (χ4v) is 2.62. The molecule has 2 rings (SSSR count). The normalized spacial score (nSPS) is 10.3. The molecule has 0 saturated heterocycles. The lowest BCUT2D eigenvalue weighted by atomic mass is 10.2. The number of benzene rings is 2. The van der Waals surface area contributed by atoms with Crippen molar-refractivity contribution in [2.75, 3.05) is 11.1 Å². The molecule has 114 valence electrons. The Kier molecular flexibility index (Phi) is 5.35. The second kappa shape index (κ2) is 7.24. The number of nitrogens with zero attached hydrogens (tertiary/aromatic N) is 1. The number of thioether (sulfide) groups is 1. The largest absolute Gasteiger partial charge is 0.320 e. The molecule has 0 aromatic heterocycles. The maximum Gasteiger partial charge on any atom is 0.292 e. The molecule has 0 atom stereocenters. The Morgan fingerprint density at radius 2 is 2.05 bits per heavy atom. The number of amides is 1. The first-order valence-electron chi connectivity index (χ1n) is 6.08. The van der Waals surface area contributed by atoms with Crippen molar-refractivity contribution < 1.29 is 14.1 Å². The van der Waals surface area contributed by atoms with E-state index in [1.807, 2.05) is 0 Å². The minimum Gasteiger partial charge on any atom is -0.320 e. The second-order valence-electron chi connectivity index (χ2n) is 4.19. The highest BCUT2D eigenvalue weighted by Crippen LogP contribution is 2.26. The van der Waals surface area contributed by atoms with Crippen LogP contribution in [-0.4, -0.2) is 16.6 Å². The fourth-order valence-electron chi connectivity index (χ4n) is 1.64. The maximum atomic E-state index is 13.0. The Labute approximate surface area is 134 Å². The standard InChI is InChI=1S/C14H10ClFN2O3S/c15-10-7-9(5-6-11(10)16)22-8-14(19)17-12-3-1-2-4-13(12)18(20)21/h1-7H,8H2,(H,17,19). The lowest BCUT2D eigenvalue weighted by Gasteiger charge is -2.06. The molecule has 0 unspecified atom stereocenters. The van der Waals surface area contributed by atoms with E-state index in [0.29, 0.717) is 4.90 Å². The van der Waals surface area contributed by atoms with Crippen LogP contribution in [0.2, 0.25) is 5.02 Å². The van der Waals surface area contributed by atoms with E-state index in [9.17, 15) is 19.3 Å². The minimum atomic E-state index is -0.567. The number of nitro groups is 1. The highest BCUT2D eigenvalue weighted by atomic mass is 35.5. The predicted molar refractivity (Wildman–Crippen MR) is 83.9 cm³/mol. The van der Waals surface area contributed by atoms with Crippen LogP contribution in [0.4, 0.5) is 15.8 Å². The number of halogens is 2. The van der Waals surface area contributed by atoms with E-state index in [1.54, 1.807) is 6.07 Å². The third kappa shape index (κ3) is 4.19. The summed E-state index contributed by atoms with van der Waals surface area (Å²) in [6.07, 6.45) is 0. The van der Waals surface area contributed by atoms with Crippen molar-refractivity contribution in [1.29, 1.82) is 0 Å². The van der Waals surface area contributed by atoms with E-state index < -0.39 is 16.6 Å². The maximum absolute atomic E-state index is 13.0. The number of para-hydroxylation sites is 2.